The van der Waals surface area contributed by atoms with Crippen molar-refractivity contribution in [3.05, 3.63) is 101 Å². The van der Waals surface area contributed by atoms with Crippen LogP contribution in [-0.4, -0.2) is 34.8 Å². The molecule has 1 unspecified atom stereocenters. The Morgan fingerprint density at radius 2 is 1.69 bits per heavy atom. The van der Waals surface area contributed by atoms with Gasteiger partial charge in [-0.1, -0.05) is 35.9 Å². The third kappa shape index (κ3) is 4.59. The molecule has 2 aromatic carbocycles. The molecule has 0 spiro atoms. The Balaban J connectivity index is 1.84. The summed E-state index contributed by atoms with van der Waals surface area (Å²) < 4.78 is 7.54. The van der Waals surface area contributed by atoms with Crippen LogP contribution >= 0.6 is 11.6 Å². The van der Waals surface area contributed by atoms with Gasteiger partial charge in [0, 0.05) is 39.8 Å². The number of nitrogens with zero attached hydrogens (tertiary/aromatic N) is 3. The smallest absolute Gasteiger partial charge is 0.263 e. The molecule has 4 aromatic rings. The minimum Gasteiger partial charge on any atom is -0.475 e. The maximum absolute atomic E-state index is 13.5. The van der Waals surface area contributed by atoms with Gasteiger partial charge in [-0.05, 0) is 69.6 Å². The summed E-state index contributed by atoms with van der Waals surface area (Å²) in [4.78, 5) is 19.9. The van der Waals surface area contributed by atoms with Gasteiger partial charge < -0.3 is 4.74 Å². The van der Waals surface area contributed by atoms with Gasteiger partial charge in [-0.25, -0.2) is 0 Å². The van der Waals surface area contributed by atoms with Crippen molar-refractivity contribution in [1.29, 1.82) is 0 Å². The lowest BCUT2D eigenvalue weighted by atomic mass is 10.0. The molecule has 0 amide bonds. The number of hydrogen-bond acceptors (Lipinski definition) is 4. The summed E-state index contributed by atoms with van der Waals surface area (Å²) in [6.45, 7) is 1.98. The molecule has 4 rings (SSSR count). The van der Waals surface area contributed by atoms with Gasteiger partial charge in [-0.2, -0.15) is 0 Å². The van der Waals surface area contributed by atoms with Crippen LogP contribution in [0.1, 0.15) is 6.92 Å². The quantitative estimate of drug-likeness (QED) is 0.367. The SMILES string of the molecule is CC(Oc1ccc(-n2cc(-c3ccccn3)cc(-c3ccccc3Cl)c2=O)cc1)N(C)C. The van der Waals surface area contributed by atoms with Gasteiger partial charge in [0.05, 0.1) is 5.69 Å². The predicted octanol–water partition coefficient (Wildman–Crippen LogP) is 5.51. The highest BCUT2D eigenvalue weighted by Gasteiger charge is 2.15. The number of ether oxygens (including phenoxy) is 1. The number of hydrogen-bond donors (Lipinski definition) is 0. The molecule has 0 N–H and O–H groups in total. The molecular weight excluding hydrogens is 422 g/mol. The third-order valence-corrected chi connectivity index (χ3v) is 5.62. The first-order valence-corrected chi connectivity index (χ1v) is 10.7. The van der Waals surface area contributed by atoms with Crippen LogP contribution in [0, 0.1) is 0 Å². The molecule has 32 heavy (non-hydrogen) atoms. The number of rotatable bonds is 6. The van der Waals surface area contributed by atoms with E-state index in [4.69, 9.17) is 16.3 Å². The maximum Gasteiger partial charge on any atom is 0.263 e. The highest BCUT2D eigenvalue weighted by Crippen LogP contribution is 2.29. The molecule has 1 atom stereocenters. The van der Waals surface area contributed by atoms with E-state index in [1.54, 1.807) is 16.8 Å². The molecule has 0 bridgehead atoms. The summed E-state index contributed by atoms with van der Waals surface area (Å²) >= 11 is 6.44. The lowest BCUT2D eigenvalue weighted by molar-refractivity contribution is 0.0815. The van der Waals surface area contributed by atoms with Crippen molar-refractivity contribution in [2.75, 3.05) is 14.1 Å². The Labute approximate surface area is 192 Å². The highest BCUT2D eigenvalue weighted by molar-refractivity contribution is 6.33. The second kappa shape index (κ2) is 9.39. The minimum absolute atomic E-state index is 0.0668. The lowest BCUT2D eigenvalue weighted by Gasteiger charge is -2.21. The maximum atomic E-state index is 13.5. The van der Waals surface area contributed by atoms with Crippen molar-refractivity contribution in [2.24, 2.45) is 0 Å². The zero-order valence-corrected chi connectivity index (χ0v) is 19.0. The fraction of sp³-hybridized carbons (Fsp3) is 0.154. The molecule has 0 saturated heterocycles. The molecule has 2 aromatic heterocycles. The summed E-state index contributed by atoms with van der Waals surface area (Å²) in [6.07, 6.45) is 3.48. The molecule has 162 valence electrons. The number of pyridine rings is 2. The first-order chi connectivity index (χ1) is 15.4. The average molecular weight is 446 g/mol. The van der Waals surface area contributed by atoms with Crippen LogP contribution in [0.15, 0.2) is 90.0 Å². The molecule has 6 heteroatoms. The summed E-state index contributed by atoms with van der Waals surface area (Å²) in [6, 6.07) is 22.4. The van der Waals surface area contributed by atoms with E-state index in [1.165, 1.54) is 0 Å². The summed E-state index contributed by atoms with van der Waals surface area (Å²) in [5.74, 6) is 0.732. The largest absolute Gasteiger partial charge is 0.475 e. The van der Waals surface area contributed by atoms with Crippen molar-refractivity contribution < 1.29 is 4.74 Å². The van der Waals surface area contributed by atoms with Crippen LogP contribution < -0.4 is 10.3 Å². The molecule has 0 radical (unpaired) electrons. The van der Waals surface area contributed by atoms with Crippen molar-refractivity contribution in [3.63, 3.8) is 0 Å². The molecule has 0 saturated carbocycles. The van der Waals surface area contributed by atoms with E-state index in [2.05, 4.69) is 4.98 Å². The number of halogens is 1. The topological polar surface area (TPSA) is 47.4 Å². The first kappa shape index (κ1) is 21.8. The average Bonchev–Trinajstić information content (AvgIpc) is 2.81. The molecule has 0 aliphatic heterocycles. The van der Waals surface area contributed by atoms with Gasteiger partial charge in [0.15, 0.2) is 0 Å². The normalized spacial score (nSPS) is 12.0. The number of benzene rings is 2. The minimum atomic E-state index is -0.159. The van der Waals surface area contributed by atoms with Gasteiger partial charge in [0.2, 0.25) is 0 Å². The Kier molecular flexibility index (Phi) is 6.40. The monoisotopic (exact) mass is 445 g/mol. The molecule has 2 heterocycles. The van der Waals surface area contributed by atoms with E-state index in [1.807, 2.05) is 98.8 Å². The van der Waals surface area contributed by atoms with E-state index in [9.17, 15) is 4.79 Å². The van der Waals surface area contributed by atoms with Crippen LogP contribution in [0.2, 0.25) is 5.02 Å². The van der Waals surface area contributed by atoms with E-state index >= 15 is 0 Å². The van der Waals surface area contributed by atoms with E-state index in [0.29, 0.717) is 16.1 Å². The first-order valence-electron chi connectivity index (χ1n) is 10.3. The second-order valence-corrected chi connectivity index (χ2v) is 8.09. The van der Waals surface area contributed by atoms with Gasteiger partial charge in [-0.3, -0.25) is 19.2 Å². The van der Waals surface area contributed by atoms with E-state index in [0.717, 1.165) is 22.7 Å². The van der Waals surface area contributed by atoms with Crippen LogP contribution in [-0.2, 0) is 0 Å². The molecule has 0 aliphatic carbocycles. The van der Waals surface area contributed by atoms with Crippen molar-refractivity contribution in [2.45, 2.75) is 13.2 Å². The summed E-state index contributed by atoms with van der Waals surface area (Å²) in [5, 5.41) is 0.524. The van der Waals surface area contributed by atoms with Crippen LogP contribution in [0.3, 0.4) is 0 Å². The molecule has 5 nitrogen and oxygen atoms in total. The van der Waals surface area contributed by atoms with Crippen molar-refractivity contribution in [1.82, 2.24) is 14.5 Å². The lowest BCUT2D eigenvalue weighted by Crippen LogP contribution is -2.30. The Morgan fingerprint density at radius 3 is 2.34 bits per heavy atom. The Hall–Kier alpha value is -3.41. The molecular formula is C26H24ClN3O2. The van der Waals surface area contributed by atoms with Gasteiger partial charge >= 0.3 is 0 Å². The zero-order valence-electron chi connectivity index (χ0n) is 18.2. The van der Waals surface area contributed by atoms with Gasteiger partial charge in [-0.15, -0.1) is 0 Å². The van der Waals surface area contributed by atoms with Crippen LogP contribution in [0.25, 0.3) is 28.1 Å². The Morgan fingerprint density at radius 1 is 0.969 bits per heavy atom. The van der Waals surface area contributed by atoms with Crippen molar-refractivity contribution in [3.8, 4) is 33.8 Å². The predicted molar refractivity (Wildman–Crippen MR) is 129 cm³/mol. The zero-order chi connectivity index (χ0) is 22.7. The van der Waals surface area contributed by atoms with Gasteiger partial charge in [0.1, 0.15) is 12.0 Å². The van der Waals surface area contributed by atoms with E-state index in [-0.39, 0.29) is 11.8 Å². The third-order valence-electron chi connectivity index (χ3n) is 5.29. The van der Waals surface area contributed by atoms with Crippen molar-refractivity contribution >= 4 is 11.6 Å². The second-order valence-electron chi connectivity index (χ2n) is 7.69. The molecule has 0 fully saturated rings. The fourth-order valence-electron chi connectivity index (χ4n) is 3.31. The highest BCUT2D eigenvalue weighted by atomic mass is 35.5. The Bertz CT molecular complexity index is 1270. The molecule has 0 aliphatic rings. The van der Waals surface area contributed by atoms with Gasteiger partial charge in [0.25, 0.3) is 5.56 Å². The number of aromatic nitrogens is 2. The van der Waals surface area contributed by atoms with Crippen LogP contribution in [0.4, 0.5) is 0 Å². The fourth-order valence-corrected chi connectivity index (χ4v) is 3.55. The standard InChI is InChI=1S/C26H24ClN3O2/c1-18(29(2)3)32-21-13-11-20(12-14-21)30-17-19(25-10-6-7-15-28-25)16-23(26(30)31)22-8-4-5-9-24(22)27/h4-18H,1-3H3. The van der Waals surface area contributed by atoms with Crippen LogP contribution in [0.5, 0.6) is 5.75 Å². The summed E-state index contributed by atoms with van der Waals surface area (Å²) in [7, 11) is 3.91. The van der Waals surface area contributed by atoms with E-state index < -0.39 is 0 Å². The summed E-state index contributed by atoms with van der Waals surface area (Å²) in [5.41, 5.74) is 3.36.